The molecule has 1 saturated carbocycles. The molecule has 0 bridgehead atoms. The number of amides is 1. The maximum atomic E-state index is 13.5. The third-order valence-corrected chi connectivity index (χ3v) is 4.07. The molecule has 0 aliphatic heterocycles. The lowest BCUT2D eigenvalue weighted by Gasteiger charge is -2.28. The number of carbonyl (C=O) groups excluding carboxylic acids is 1. The molecular weight excluding hydrogens is 292 g/mol. The van der Waals surface area contributed by atoms with Gasteiger partial charge in [-0.25, -0.2) is 13.6 Å². The molecule has 2 N–H and O–H groups in total. The van der Waals surface area contributed by atoms with Crippen molar-refractivity contribution in [2.45, 2.75) is 44.6 Å². The average molecular weight is 311 g/mol. The molecule has 1 aliphatic carbocycles. The van der Waals surface area contributed by atoms with Crippen molar-refractivity contribution in [2.75, 3.05) is 0 Å². The quantitative estimate of drug-likeness (QED) is 0.878. The predicted octanol–water partition coefficient (Wildman–Crippen LogP) is 2.66. The van der Waals surface area contributed by atoms with E-state index in [1.165, 1.54) is 6.07 Å². The van der Waals surface area contributed by atoms with Gasteiger partial charge in [-0.2, -0.15) is 0 Å². The number of rotatable bonds is 5. The van der Waals surface area contributed by atoms with Gasteiger partial charge in [0.05, 0.1) is 6.42 Å². The highest BCUT2D eigenvalue weighted by Gasteiger charge is 2.30. The molecule has 0 spiro atoms. The van der Waals surface area contributed by atoms with E-state index in [4.69, 9.17) is 0 Å². The third kappa shape index (κ3) is 4.26. The molecule has 2 rings (SSSR count). The Kier molecular flexibility index (Phi) is 5.46. The minimum absolute atomic E-state index is 0.0479. The van der Waals surface area contributed by atoms with Gasteiger partial charge in [-0.1, -0.05) is 25.3 Å². The first-order chi connectivity index (χ1) is 10.5. The van der Waals surface area contributed by atoms with Crippen LogP contribution in [0.25, 0.3) is 0 Å². The van der Waals surface area contributed by atoms with Gasteiger partial charge in [0.2, 0.25) is 5.91 Å². The fourth-order valence-electron chi connectivity index (χ4n) is 2.91. The third-order valence-electron chi connectivity index (χ3n) is 4.07. The van der Waals surface area contributed by atoms with Crippen LogP contribution in [0.15, 0.2) is 18.2 Å². The van der Waals surface area contributed by atoms with Gasteiger partial charge in [-0.05, 0) is 30.4 Å². The summed E-state index contributed by atoms with van der Waals surface area (Å²) in [5.41, 5.74) is 0.0479. The van der Waals surface area contributed by atoms with Crippen LogP contribution in [0.2, 0.25) is 0 Å². The summed E-state index contributed by atoms with van der Waals surface area (Å²) in [7, 11) is 0. The highest BCUT2D eigenvalue weighted by atomic mass is 19.1. The predicted molar refractivity (Wildman–Crippen MR) is 76.2 cm³/mol. The Morgan fingerprint density at radius 1 is 1.23 bits per heavy atom. The van der Waals surface area contributed by atoms with Crippen LogP contribution < -0.4 is 5.32 Å². The van der Waals surface area contributed by atoms with E-state index >= 15 is 0 Å². The number of hydrogen-bond acceptors (Lipinski definition) is 2. The second kappa shape index (κ2) is 7.33. The van der Waals surface area contributed by atoms with E-state index in [-0.39, 0.29) is 17.9 Å². The lowest BCUT2D eigenvalue weighted by Crippen LogP contribution is -2.47. The standard InChI is InChI=1S/C16H19F2NO3/c17-12-7-6-11(13(18)9-12)8-14(20)19-15(16(21)22)10-4-2-1-3-5-10/h6-7,9-10,15H,1-5,8H2,(H,19,20)(H,21,22)/t15-/m1/s1. The van der Waals surface area contributed by atoms with Gasteiger partial charge in [0.1, 0.15) is 17.7 Å². The Hall–Kier alpha value is -1.98. The van der Waals surface area contributed by atoms with Crippen LogP contribution in [0.3, 0.4) is 0 Å². The second-order valence-electron chi connectivity index (χ2n) is 5.69. The number of carbonyl (C=O) groups is 2. The number of carboxylic acid groups (broad SMARTS) is 1. The number of benzene rings is 1. The summed E-state index contributed by atoms with van der Waals surface area (Å²) in [6.07, 6.45) is 4.22. The first-order valence-electron chi connectivity index (χ1n) is 7.43. The van der Waals surface area contributed by atoms with E-state index in [9.17, 15) is 23.5 Å². The number of nitrogens with one attached hydrogen (secondary N) is 1. The van der Waals surface area contributed by atoms with Gasteiger partial charge in [-0.15, -0.1) is 0 Å². The Morgan fingerprint density at radius 2 is 1.91 bits per heavy atom. The van der Waals surface area contributed by atoms with Gasteiger partial charge < -0.3 is 10.4 Å². The maximum absolute atomic E-state index is 13.5. The van der Waals surface area contributed by atoms with Crippen molar-refractivity contribution >= 4 is 11.9 Å². The van der Waals surface area contributed by atoms with Crippen LogP contribution in [-0.2, 0) is 16.0 Å². The van der Waals surface area contributed by atoms with Crippen LogP contribution in [0.1, 0.15) is 37.7 Å². The Bertz CT molecular complexity index is 556. The summed E-state index contributed by atoms with van der Waals surface area (Å²) in [5, 5.41) is 11.8. The summed E-state index contributed by atoms with van der Waals surface area (Å²) in [6, 6.07) is 2.02. The molecule has 1 atom stereocenters. The summed E-state index contributed by atoms with van der Waals surface area (Å²) >= 11 is 0. The lowest BCUT2D eigenvalue weighted by molar-refractivity contribution is -0.143. The van der Waals surface area contributed by atoms with Crippen LogP contribution in [-0.4, -0.2) is 23.0 Å². The largest absolute Gasteiger partial charge is 0.480 e. The molecular formula is C16H19F2NO3. The van der Waals surface area contributed by atoms with Gasteiger partial charge in [0, 0.05) is 6.07 Å². The summed E-state index contributed by atoms with van der Waals surface area (Å²) in [6.45, 7) is 0. The maximum Gasteiger partial charge on any atom is 0.326 e. The van der Waals surface area contributed by atoms with E-state index in [0.29, 0.717) is 6.07 Å². The molecule has 0 saturated heterocycles. The average Bonchev–Trinajstić information content (AvgIpc) is 2.48. The molecule has 1 aromatic carbocycles. The highest BCUT2D eigenvalue weighted by molar-refractivity contribution is 5.85. The molecule has 1 aromatic rings. The van der Waals surface area contributed by atoms with Crippen molar-refractivity contribution < 1.29 is 23.5 Å². The van der Waals surface area contributed by atoms with Crippen LogP contribution >= 0.6 is 0 Å². The van der Waals surface area contributed by atoms with Gasteiger partial charge >= 0.3 is 5.97 Å². The number of hydrogen-bond donors (Lipinski definition) is 2. The minimum atomic E-state index is -1.07. The van der Waals surface area contributed by atoms with Crippen molar-refractivity contribution in [1.29, 1.82) is 0 Å². The van der Waals surface area contributed by atoms with Gasteiger partial charge in [-0.3, -0.25) is 4.79 Å². The van der Waals surface area contributed by atoms with Crippen molar-refractivity contribution in [3.63, 3.8) is 0 Å². The molecule has 4 nitrogen and oxygen atoms in total. The molecule has 22 heavy (non-hydrogen) atoms. The number of halogens is 2. The fraction of sp³-hybridized carbons (Fsp3) is 0.500. The summed E-state index contributed by atoms with van der Waals surface area (Å²) in [4.78, 5) is 23.3. The van der Waals surface area contributed by atoms with Crippen molar-refractivity contribution in [3.05, 3.63) is 35.4 Å². The van der Waals surface area contributed by atoms with Gasteiger partial charge in [0.25, 0.3) is 0 Å². The SMILES string of the molecule is O=C(Cc1ccc(F)cc1F)N[C@@H](C(=O)O)C1CCCCC1. The molecule has 0 aromatic heterocycles. The first kappa shape index (κ1) is 16.4. The molecule has 0 unspecified atom stereocenters. The van der Waals surface area contributed by atoms with Crippen molar-refractivity contribution in [1.82, 2.24) is 5.32 Å². The Labute approximate surface area is 127 Å². The molecule has 1 amide bonds. The first-order valence-corrected chi connectivity index (χ1v) is 7.43. The molecule has 120 valence electrons. The molecule has 6 heteroatoms. The molecule has 0 heterocycles. The Balaban J connectivity index is 2.00. The monoisotopic (exact) mass is 311 g/mol. The molecule has 0 radical (unpaired) electrons. The van der Waals surface area contributed by atoms with Gasteiger partial charge in [0.15, 0.2) is 0 Å². The van der Waals surface area contributed by atoms with Crippen molar-refractivity contribution in [3.8, 4) is 0 Å². The zero-order chi connectivity index (χ0) is 16.1. The van der Waals surface area contributed by atoms with Crippen LogP contribution in [0, 0.1) is 17.6 Å². The summed E-state index contributed by atoms with van der Waals surface area (Å²) < 4.78 is 26.4. The fourth-order valence-corrected chi connectivity index (χ4v) is 2.91. The minimum Gasteiger partial charge on any atom is -0.480 e. The zero-order valence-electron chi connectivity index (χ0n) is 12.1. The highest BCUT2D eigenvalue weighted by Crippen LogP contribution is 2.26. The lowest BCUT2D eigenvalue weighted by atomic mass is 9.84. The van der Waals surface area contributed by atoms with E-state index in [1.807, 2.05) is 0 Å². The smallest absolute Gasteiger partial charge is 0.326 e. The number of carboxylic acids is 1. The van der Waals surface area contributed by atoms with Crippen molar-refractivity contribution in [2.24, 2.45) is 5.92 Å². The normalized spacial score (nSPS) is 17.0. The zero-order valence-corrected chi connectivity index (χ0v) is 12.1. The van der Waals surface area contributed by atoms with E-state index in [0.717, 1.165) is 38.2 Å². The summed E-state index contributed by atoms with van der Waals surface area (Å²) in [5.74, 6) is -3.25. The Morgan fingerprint density at radius 3 is 2.50 bits per heavy atom. The molecule has 1 fully saturated rings. The number of aliphatic carboxylic acids is 1. The van der Waals surface area contributed by atoms with E-state index in [1.54, 1.807) is 0 Å². The molecule has 1 aliphatic rings. The van der Waals surface area contributed by atoms with Crippen LogP contribution in [0.5, 0.6) is 0 Å². The van der Waals surface area contributed by atoms with E-state index in [2.05, 4.69) is 5.32 Å². The topological polar surface area (TPSA) is 66.4 Å². The second-order valence-corrected chi connectivity index (χ2v) is 5.69. The van der Waals surface area contributed by atoms with E-state index < -0.39 is 29.6 Å². The van der Waals surface area contributed by atoms with Crippen LogP contribution in [0.4, 0.5) is 8.78 Å².